The highest BCUT2D eigenvalue weighted by molar-refractivity contribution is 5.94. The van der Waals surface area contributed by atoms with Gasteiger partial charge >= 0.3 is 5.97 Å². The van der Waals surface area contributed by atoms with Crippen LogP contribution in [-0.2, 0) is 24.0 Å². The van der Waals surface area contributed by atoms with Crippen molar-refractivity contribution in [3.63, 3.8) is 0 Å². The summed E-state index contributed by atoms with van der Waals surface area (Å²) in [6.07, 6.45) is 0.801. The molecule has 0 aromatic carbocycles. The number of aliphatic carboxylic acids is 1. The van der Waals surface area contributed by atoms with E-state index in [-0.39, 0.29) is 31.7 Å². The summed E-state index contributed by atoms with van der Waals surface area (Å²) < 4.78 is 0. The third kappa shape index (κ3) is 8.13. The molecule has 0 aromatic heterocycles. The number of amides is 4. The van der Waals surface area contributed by atoms with E-state index < -0.39 is 60.4 Å². The number of primary amides is 1. The number of carbonyl (C=O) groups excluding carboxylic acids is 4. The maximum atomic E-state index is 12.7. The SMILES string of the molecule is CC(C)CC(N)C(=O)NC(CCC(N)=O)C(=O)NC(CO)C(=O)N1CCCC1C(=O)O. The Balaban J connectivity index is 2.88. The van der Waals surface area contributed by atoms with Crippen molar-refractivity contribution in [2.45, 2.75) is 70.1 Å². The zero-order valence-corrected chi connectivity index (χ0v) is 17.9. The molecule has 12 heteroatoms. The minimum atomic E-state index is -1.40. The molecule has 8 N–H and O–H groups in total. The van der Waals surface area contributed by atoms with Crippen molar-refractivity contribution in [1.29, 1.82) is 0 Å². The fourth-order valence-electron chi connectivity index (χ4n) is 3.39. The predicted molar refractivity (Wildman–Crippen MR) is 109 cm³/mol. The molecule has 1 fully saturated rings. The molecule has 1 rings (SSSR count). The van der Waals surface area contributed by atoms with E-state index in [0.717, 1.165) is 4.90 Å². The lowest BCUT2D eigenvalue weighted by Gasteiger charge is -2.28. The molecule has 0 spiro atoms. The van der Waals surface area contributed by atoms with Crippen LogP contribution in [0.1, 0.15) is 46.0 Å². The summed E-state index contributed by atoms with van der Waals surface area (Å²) in [6, 6.07) is -4.52. The molecule has 0 aliphatic carbocycles. The first-order valence-electron chi connectivity index (χ1n) is 10.3. The summed E-state index contributed by atoms with van der Waals surface area (Å²) in [7, 11) is 0. The van der Waals surface area contributed by atoms with Crippen molar-refractivity contribution in [2.75, 3.05) is 13.2 Å². The average molecular weight is 444 g/mol. The molecule has 1 saturated heterocycles. The Hall–Kier alpha value is -2.73. The highest BCUT2D eigenvalue weighted by atomic mass is 16.4. The number of hydrogen-bond donors (Lipinski definition) is 6. The number of aliphatic hydroxyl groups is 1. The van der Waals surface area contributed by atoms with Crippen molar-refractivity contribution in [2.24, 2.45) is 17.4 Å². The van der Waals surface area contributed by atoms with E-state index in [0.29, 0.717) is 12.8 Å². The number of rotatable bonds is 12. The van der Waals surface area contributed by atoms with Gasteiger partial charge in [-0.1, -0.05) is 13.8 Å². The van der Waals surface area contributed by atoms with Crippen LogP contribution in [0.15, 0.2) is 0 Å². The predicted octanol–water partition coefficient (Wildman–Crippen LogP) is -2.34. The van der Waals surface area contributed by atoms with Crippen LogP contribution >= 0.6 is 0 Å². The molecule has 176 valence electrons. The Kier molecular flexibility index (Phi) is 10.4. The topological polar surface area (TPSA) is 205 Å². The summed E-state index contributed by atoms with van der Waals surface area (Å²) in [6.45, 7) is 3.18. The van der Waals surface area contributed by atoms with E-state index >= 15 is 0 Å². The van der Waals surface area contributed by atoms with Gasteiger partial charge in [-0.05, 0) is 31.6 Å². The van der Waals surface area contributed by atoms with Gasteiger partial charge in [0.05, 0.1) is 12.6 Å². The van der Waals surface area contributed by atoms with Gasteiger partial charge in [0.15, 0.2) is 0 Å². The van der Waals surface area contributed by atoms with Crippen molar-refractivity contribution >= 4 is 29.6 Å². The number of nitrogens with zero attached hydrogens (tertiary/aromatic N) is 1. The molecule has 0 aromatic rings. The summed E-state index contributed by atoms with van der Waals surface area (Å²) >= 11 is 0. The van der Waals surface area contributed by atoms with E-state index in [1.54, 1.807) is 0 Å². The lowest BCUT2D eigenvalue weighted by atomic mass is 10.0. The minimum absolute atomic E-state index is 0.130. The molecule has 4 amide bonds. The molecule has 1 aliphatic heterocycles. The van der Waals surface area contributed by atoms with Crippen LogP contribution < -0.4 is 22.1 Å². The van der Waals surface area contributed by atoms with Gasteiger partial charge in [0.2, 0.25) is 23.6 Å². The van der Waals surface area contributed by atoms with Gasteiger partial charge in [-0.3, -0.25) is 19.2 Å². The summed E-state index contributed by atoms with van der Waals surface area (Å²) in [5.74, 6) is -3.87. The zero-order valence-electron chi connectivity index (χ0n) is 17.9. The lowest BCUT2D eigenvalue weighted by Crippen LogP contribution is -2.58. The smallest absolute Gasteiger partial charge is 0.326 e. The van der Waals surface area contributed by atoms with E-state index in [1.807, 2.05) is 13.8 Å². The number of nitrogens with two attached hydrogens (primary N) is 2. The maximum absolute atomic E-state index is 12.7. The summed E-state index contributed by atoms with van der Waals surface area (Å²) in [5.41, 5.74) is 11.0. The first-order chi connectivity index (χ1) is 14.5. The Morgan fingerprint density at radius 1 is 1.10 bits per heavy atom. The van der Waals surface area contributed by atoms with Crippen LogP contribution in [-0.4, -0.2) is 82.0 Å². The minimum Gasteiger partial charge on any atom is -0.480 e. The van der Waals surface area contributed by atoms with Crippen LogP contribution in [0, 0.1) is 5.92 Å². The highest BCUT2D eigenvalue weighted by Gasteiger charge is 2.38. The van der Waals surface area contributed by atoms with Gasteiger partial charge in [0.25, 0.3) is 0 Å². The lowest BCUT2D eigenvalue weighted by molar-refractivity contribution is -0.150. The molecule has 1 aliphatic rings. The number of hydrogen-bond acceptors (Lipinski definition) is 7. The summed E-state index contributed by atoms with van der Waals surface area (Å²) in [4.78, 5) is 61.3. The third-order valence-electron chi connectivity index (χ3n) is 4.99. The van der Waals surface area contributed by atoms with Crippen LogP contribution in [0.5, 0.6) is 0 Å². The van der Waals surface area contributed by atoms with Crippen LogP contribution in [0.4, 0.5) is 0 Å². The van der Waals surface area contributed by atoms with Crippen molar-refractivity contribution < 1.29 is 34.2 Å². The number of likely N-dealkylation sites (tertiary alicyclic amines) is 1. The van der Waals surface area contributed by atoms with Crippen molar-refractivity contribution in [3.05, 3.63) is 0 Å². The quantitative estimate of drug-likeness (QED) is 0.192. The Morgan fingerprint density at radius 3 is 2.23 bits per heavy atom. The van der Waals surface area contributed by atoms with Crippen molar-refractivity contribution in [1.82, 2.24) is 15.5 Å². The second kappa shape index (κ2) is 12.2. The van der Waals surface area contributed by atoms with Crippen molar-refractivity contribution in [3.8, 4) is 0 Å². The monoisotopic (exact) mass is 443 g/mol. The number of aliphatic hydroxyl groups excluding tert-OH is 1. The zero-order chi connectivity index (χ0) is 23.7. The number of carbonyl (C=O) groups is 5. The van der Waals surface area contributed by atoms with E-state index in [9.17, 15) is 34.2 Å². The van der Waals surface area contributed by atoms with Gasteiger partial charge < -0.3 is 37.2 Å². The maximum Gasteiger partial charge on any atom is 0.326 e. The first kappa shape index (κ1) is 26.3. The number of carboxylic acids is 1. The second-order valence-electron chi connectivity index (χ2n) is 8.07. The molecule has 1 heterocycles. The highest BCUT2D eigenvalue weighted by Crippen LogP contribution is 2.18. The van der Waals surface area contributed by atoms with Gasteiger partial charge in [0.1, 0.15) is 18.1 Å². The fraction of sp³-hybridized carbons (Fsp3) is 0.737. The average Bonchev–Trinajstić information content (AvgIpc) is 3.17. The third-order valence-corrected chi connectivity index (χ3v) is 4.99. The van der Waals surface area contributed by atoms with Crippen LogP contribution in [0.2, 0.25) is 0 Å². The molecular formula is C19H33N5O7. The fourth-order valence-corrected chi connectivity index (χ4v) is 3.39. The number of carboxylic acid groups (broad SMARTS) is 1. The van der Waals surface area contributed by atoms with Gasteiger partial charge in [-0.15, -0.1) is 0 Å². The molecule has 0 radical (unpaired) electrons. The van der Waals surface area contributed by atoms with Gasteiger partial charge in [-0.25, -0.2) is 4.79 Å². The van der Waals surface area contributed by atoms with Crippen LogP contribution in [0.25, 0.3) is 0 Å². The first-order valence-corrected chi connectivity index (χ1v) is 10.3. The summed E-state index contributed by atoms with van der Waals surface area (Å²) in [5, 5.41) is 23.6. The van der Waals surface area contributed by atoms with Gasteiger partial charge in [0, 0.05) is 13.0 Å². The van der Waals surface area contributed by atoms with Gasteiger partial charge in [-0.2, -0.15) is 0 Å². The molecule has 0 saturated carbocycles. The molecular weight excluding hydrogens is 410 g/mol. The largest absolute Gasteiger partial charge is 0.480 e. The van der Waals surface area contributed by atoms with Crippen LogP contribution in [0.3, 0.4) is 0 Å². The normalized spacial score (nSPS) is 18.9. The Morgan fingerprint density at radius 2 is 1.71 bits per heavy atom. The standard InChI is InChI=1S/C19H33N5O7/c1-10(2)8-11(20)16(27)22-12(5-6-15(21)26)17(28)23-13(9-25)18(29)24-7-3-4-14(24)19(30)31/h10-14,25H,3-9,20H2,1-2H3,(H2,21,26)(H,22,27)(H,23,28)(H,30,31). The molecule has 0 bridgehead atoms. The Bertz CT molecular complexity index is 685. The Labute approximate surface area is 180 Å². The second-order valence-corrected chi connectivity index (χ2v) is 8.07. The molecule has 4 atom stereocenters. The number of nitrogens with one attached hydrogen (secondary N) is 2. The van der Waals surface area contributed by atoms with E-state index in [4.69, 9.17) is 11.5 Å². The van der Waals surface area contributed by atoms with E-state index in [2.05, 4.69) is 10.6 Å². The molecule has 4 unspecified atom stereocenters. The molecule has 12 nitrogen and oxygen atoms in total. The molecule has 31 heavy (non-hydrogen) atoms. The van der Waals surface area contributed by atoms with E-state index in [1.165, 1.54) is 0 Å².